The van der Waals surface area contributed by atoms with Gasteiger partial charge in [-0.1, -0.05) is 51.1 Å². The fourth-order valence-corrected chi connectivity index (χ4v) is 3.97. The number of para-hydroxylation sites is 1. The van der Waals surface area contributed by atoms with Crippen LogP contribution in [0.2, 0.25) is 18.1 Å². The number of rotatable bonds is 5. The summed E-state index contributed by atoms with van der Waals surface area (Å²) in [5.74, 6) is -0.211. The molecular weight excluding hydrogens is 341 g/mol. The number of hydrogen-bond donors (Lipinski definition) is 1. The number of aromatic amines is 1. The van der Waals surface area contributed by atoms with E-state index < -0.39 is 8.32 Å². The molecule has 0 bridgehead atoms. The molecular formula is C22H28FNOSi. The van der Waals surface area contributed by atoms with Crippen molar-refractivity contribution in [3.63, 3.8) is 0 Å². The van der Waals surface area contributed by atoms with Crippen LogP contribution < -0.4 is 0 Å². The van der Waals surface area contributed by atoms with E-state index in [0.29, 0.717) is 0 Å². The SMILES string of the molecule is CC(C)(C)[Si](C)(C)OCCc1cccc2c(-c3ccc(F)cc3)c[nH]c12. The second-order valence-electron chi connectivity index (χ2n) is 8.41. The summed E-state index contributed by atoms with van der Waals surface area (Å²) >= 11 is 0. The largest absolute Gasteiger partial charge is 0.416 e. The Labute approximate surface area is 156 Å². The zero-order chi connectivity index (χ0) is 18.9. The Morgan fingerprint density at radius 1 is 1.04 bits per heavy atom. The minimum Gasteiger partial charge on any atom is -0.416 e. The van der Waals surface area contributed by atoms with Crippen LogP contribution in [0.3, 0.4) is 0 Å². The standard InChI is InChI=1S/C22H28FNOSi/c1-22(2,3)26(4,5)25-14-13-17-7-6-8-19-20(15-24-21(17)19)16-9-11-18(23)12-10-16/h6-12,15,24H,13-14H2,1-5H3. The molecule has 0 radical (unpaired) electrons. The van der Waals surface area contributed by atoms with Crippen LogP contribution in [0.5, 0.6) is 0 Å². The van der Waals surface area contributed by atoms with E-state index in [0.717, 1.165) is 29.7 Å². The van der Waals surface area contributed by atoms with Crippen molar-refractivity contribution in [2.24, 2.45) is 0 Å². The van der Waals surface area contributed by atoms with E-state index in [-0.39, 0.29) is 10.9 Å². The molecule has 1 aromatic heterocycles. The number of fused-ring (bicyclic) bond motifs is 1. The van der Waals surface area contributed by atoms with Gasteiger partial charge in [-0.3, -0.25) is 0 Å². The summed E-state index contributed by atoms with van der Waals surface area (Å²) < 4.78 is 19.5. The lowest BCUT2D eigenvalue weighted by atomic mass is 10.0. The summed E-state index contributed by atoms with van der Waals surface area (Å²) in [6.07, 6.45) is 2.89. The average molecular weight is 370 g/mol. The Balaban J connectivity index is 1.82. The summed E-state index contributed by atoms with van der Waals surface area (Å²) in [5, 5.41) is 1.39. The van der Waals surface area contributed by atoms with Gasteiger partial charge < -0.3 is 9.41 Å². The highest BCUT2D eigenvalue weighted by atomic mass is 28.4. The number of halogens is 1. The highest BCUT2D eigenvalue weighted by molar-refractivity contribution is 6.74. The first-order valence-corrected chi connectivity index (χ1v) is 12.1. The minimum absolute atomic E-state index is 0.211. The number of H-pyrrole nitrogens is 1. The number of benzene rings is 2. The lowest BCUT2D eigenvalue weighted by Gasteiger charge is -2.36. The summed E-state index contributed by atoms with van der Waals surface area (Å²) in [6.45, 7) is 12.1. The van der Waals surface area contributed by atoms with Gasteiger partial charge in [0.15, 0.2) is 8.32 Å². The Hall–Kier alpha value is -1.91. The lowest BCUT2D eigenvalue weighted by Crippen LogP contribution is -2.41. The maximum Gasteiger partial charge on any atom is 0.191 e. The molecule has 0 atom stereocenters. The van der Waals surface area contributed by atoms with E-state index in [2.05, 4.69) is 57.0 Å². The smallest absolute Gasteiger partial charge is 0.191 e. The maximum absolute atomic E-state index is 13.2. The van der Waals surface area contributed by atoms with Gasteiger partial charge in [0.1, 0.15) is 5.82 Å². The molecule has 0 amide bonds. The van der Waals surface area contributed by atoms with E-state index in [4.69, 9.17) is 4.43 Å². The van der Waals surface area contributed by atoms with Gasteiger partial charge >= 0.3 is 0 Å². The topological polar surface area (TPSA) is 25.0 Å². The molecule has 2 nitrogen and oxygen atoms in total. The van der Waals surface area contributed by atoms with Crippen molar-refractivity contribution in [1.29, 1.82) is 0 Å². The van der Waals surface area contributed by atoms with Crippen LogP contribution in [0.25, 0.3) is 22.0 Å². The zero-order valence-electron chi connectivity index (χ0n) is 16.3. The van der Waals surface area contributed by atoms with Crippen molar-refractivity contribution in [1.82, 2.24) is 4.98 Å². The Morgan fingerprint density at radius 2 is 1.73 bits per heavy atom. The first kappa shape index (κ1) is 18.9. The molecule has 3 rings (SSSR count). The van der Waals surface area contributed by atoms with Gasteiger partial charge in [-0.25, -0.2) is 4.39 Å². The molecule has 0 unspecified atom stereocenters. The third-order valence-electron chi connectivity index (χ3n) is 5.60. The summed E-state index contributed by atoms with van der Waals surface area (Å²) in [6, 6.07) is 13.0. The third-order valence-corrected chi connectivity index (χ3v) is 10.1. The Morgan fingerprint density at radius 3 is 2.38 bits per heavy atom. The molecule has 26 heavy (non-hydrogen) atoms. The van der Waals surface area contributed by atoms with Crippen molar-refractivity contribution < 1.29 is 8.82 Å². The molecule has 0 spiro atoms. The molecule has 0 saturated carbocycles. The molecule has 0 fully saturated rings. The normalized spacial score (nSPS) is 12.7. The van der Waals surface area contributed by atoms with Gasteiger partial charge in [0.05, 0.1) is 0 Å². The van der Waals surface area contributed by atoms with Crippen molar-refractivity contribution in [2.45, 2.75) is 45.3 Å². The predicted octanol–water partition coefficient (Wildman–Crippen LogP) is 6.54. The second kappa shape index (κ2) is 7.01. The second-order valence-corrected chi connectivity index (χ2v) is 13.2. The molecule has 4 heteroatoms. The predicted molar refractivity (Wildman–Crippen MR) is 111 cm³/mol. The van der Waals surface area contributed by atoms with Crippen LogP contribution in [0.15, 0.2) is 48.7 Å². The lowest BCUT2D eigenvalue weighted by molar-refractivity contribution is 0.292. The van der Waals surface area contributed by atoms with Gasteiger partial charge in [0, 0.05) is 29.3 Å². The third kappa shape index (κ3) is 3.76. The first-order chi connectivity index (χ1) is 12.2. The van der Waals surface area contributed by atoms with Crippen molar-refractivity contribution in [3.8, 4) is 11.1 Å². The Bertz CT molecular complexity index is 891. The van der Waals surface area contributed by atoms with Crippen LogP contribution in [0.4, 0.5) is 4.39 Å². The number of hydrogen-bond acceptors (Lipinski definition) is 1. The highest BCUT2D eigenvalue weighted by Crippen LogP contribution is 2.37. The monoisotopic (exact) mass is 369 g/mol. The molecule has 0 aliphatic carbocycles. The van der Waals surface area contributed by atoms with Crippen LogP contribution in [0, 0.1) is 5.82 Å². The summed E-state index contributed by atoms with van der Waals surface area (Å²) in [4.78, 5) is 3.41. The molecule has 0 aliphatic heterocycles. The van der Waals surface area contributed by atoms with Gasteiger partial charge in [-0.05, 0) is 47.8 Å². The van der Waals surface area contributed by atoms with Crippen molar-refractivity contribution in [3.05, 3.63) is 60.0 Å². The zero-order valence-corrected chi connectivity index (χ0v) is 17.3. The average Bonchev–Trinajstić information content (AvgIpc) is 2.99. The van der Waals surface area contributed by atoms with Gasteiger partial charge in [0.25, 0.3) is 0 Å². The fourth-order valence-electron chi connectivity index (χ4n) is 2.93. The molecule has 0 aliphatic rings. The highest BCUT2D eigenvalue weighted by Gasteiger charge is 2.36. The van der Waals surface area contributed by atoms with E-state index in [1.807, 2.05) is 18.3 Å². The van der Waals surface area contributed by atoms with Gasteiger partial charge in [0.2, 0.25) is 0 Å². The van der Waals surface area contributed by atoms with Crippen LogP contribution >= 0.6 is 0 Å². The molecule has 2 aromatic carbocycles. The van der Waals surface area contributed by atoms with Crippen molar-refractivity contribution >= 4 is 19.2 Å². The van der Waals surface area contributed by atoms with Crippen LogP contribution in [0.1, 0.15) is 26.3 Å². The van der Waals surface area contributed by atoms with Crippen molar-refractivity contribution in [2.75, 3.05) is 6.61 Å². The van der Waals surface area contributed by atoms with E-state index in [9.17, 15) is 4.39 Å². The van der Waals surface area contributed by atoms with E-state index >= 15 is 0 Å². The van der Waals surface area contributed by atoms with Gasteiger partial charge in [-0.2, -0.15) is 0 Å². The summed E-state index contributed by atoms with van der Waals surface area (Å²) in [7, 11) is -1.72. The number of aromatic nitrogens is 1. The van der Waals surface area contributed by atoms with E-state index in [1.54, 1.807) is 0 Å². The fraction of sp³-hybridized carbons (Fsp3) is 0.364. The number of nitrogens with one attached hydrogen (secondary N) is 1. The Kier molecular flexibility index (Phi) is 5.09. The minimum atomic E-state index is -1.72. The molecule has 1 N–H and O–H groups in total. The quantitative estimate of drug-likeness (QED) is 0.508. The molecule has 1 heterocycles. The van der Waals surface area contributed by atoms with Crippen LogP contribution in [-0.4, -0.2) is 19.9 Å². The maximum atomic E-state index is 13.2. The van der Waals surface area contributed by atoms with E-state index in [1.165, 1.54) is 23.1 Å². The summed E-state index contributed by atoms with van der Waals surface area (Å²) in [5.41, 5.74) is 4.53. The first-order valence-electron chi connectivity index (χ1n) is 9.18. The van der Waals surface area contributed by atoms with Gasteiger partial charge in [-0.15, -0.1) is 0 Å². The molecule has 138 valence electrons. The molecule has 0 saturated heterocycles. The molecule has 3 aromatic rings. The van der Waals surface area contributed by atoms with Crippen LogP contribution in [-0.2, 0) is 10.8 Å².